The Kier molecular flexibility index (Phi) is 3.72. The number of rotatable bonds is 2. The van der Waals surface area contributed by atoms with Gasteiger partial charge < -0.3 is 10.2 Å². The predicted molar refractivity (Wildman–Crippen MR) is 72.2 cm³/mol. The van der Waals surface area contributed by atoms with Crippen molar-refractivity contribution in [3.63, 3.8) is 0 Å². The van der Waals surface area contributed by atoms with Gasteiger partial charge in [-0.1, -0.05) is 19.3 Å². The van der Waals surface area contributed by atoms with Crippen molar-refractivity contribution in [1.29, 1.82) is 0 Å². The second kappa shape index (κ2) is 5.27. The maximum Gasteiger partial charge on any atom is 0.0195 e. The second-order valence-corrected chi connectivity index (χ2v) is 6.65. The Hall–Kier alpha value is -0.0800. The zero-order valence-electron chi connectivity index (χ0n) is 11.2. The lowest BCUT2D eigenvalue weighted by Crippen LogP contribution is -2.45. The van der Waals surface area contributed by atoms with E-state index in [2.05, 4.69) is 10.2 Å². The molecule has 0 amide bonds. The summed E-state index contributed by atoms with van der Waals surface area (Å²) >= 11 is 0. The first-order chi connectivity index (χ1) is 8.36. The van der Waals surface area contributed by atoms with Crippen molar-refractivity contribution < 1.29 is 0 Å². The normalized spacial score (nSPS) is 34.2. The number of nitrogens with one attached hydrogen (secondary N) is 1. The fourth-order valence-electron chi connectivity index (χ4n) is 4.24. The van der Waals surface area contributed by atoms with Crippen LogP contribution in [0.3, 0.4) is 0 Å². The molecule has 17 heavy (non-hydrogen) atoms. The van der Waals surface area contributed by atoms with Crippen LogP contribution in [0, 0.1) is 5.41 Å². The van der Waals surface area contributed by atoms with Crippen LogP contribution >= 0.6 is 0 Å². The standard InChI is InChI=1S/C15H28N2/c1-2-6-15(7-3-1)8-11-17(12-9-15)13-14-5-4-10-16-14/h14,16H,1-13H2. The highest BCUT2D eigenvalue weighted by Gasteiger charge is 2.35. The minimum atomic E-state index is 0.776. The van der Waals surface area contributed by atoms with Crippen LogP contribution in [-0.4, -0.2) is 37.1 Å². The molecule has 3 aliphatic rings. The molecule has 2 heteroatoms. The average molecular weight is 236 g/mol. The Bertz CT molecular complexity index is 229. The molecule has 2 heterocycles. The van der Waals surface area contributed by atoms with Crippen LogP contribution in [0.2, 0.25) is 0 Å². The molecule has 1 spiro atoms. The molecule has 0 aromatic heterocycles. The molecule has 2 nitrogen and oxygen atoms in total. The summed E-state index contributed by atoms with van der Waals surface area (Å²) in [5, 5.41) is 3.63. The molecule has 1 N–H and O–H groups in total. The number of nitrogens with zero attached hydrogens (tertiary/aromatic N) is 1. The first-order valence-corrected chi connectivity index (χ1v) is 7.82. The van der Waals surface area contributed by atoms with Crippen molar-refractivity contribution >= 4 is 0 Å². The Labute approximate surface area is 106 Å². The quantitative estimate of drug-likeness (QED) is 0.793. The summed E-state index contributed by atoms with van der Waals surface area (Å²) in [4.78, 5) is 2.73. The highest BCUT2D eigenvalue weighted by atomic mass is 15.2. The van der Waals surface area contributed by atoms with Crippen molar-refractivity contribution in [3.05, 3.63) is 0 Å². The maximum absolute atomic E-state index is 3.63. The minimum absolute atomic E-state index is 0.776. The third kappa shape index (κ3) is 2.85. The molecule has 2 saturated heterocycles. The van der Waals surface area contributed by atoms with Crippen molar-refractivity contribution in [2.24, 2.45) is 5.41 Å². The molecule has 1 atom stereocenters. The zero-order chi connectivity index (χ0) is 11.6. The first-order valence-electron chi connectivity index (χ1n) is 7.82. The van der Waals surface area contributed by atoms with Gasteiger partial charge in [-0.15, -0.1) is 0 Å². The Morgan fingerprint density at radius 3 is 2.35 bits per heavy atom. The van der Waals surface area contributed by atoms with Crippen LogP contribution in [0.25, 0.3) is 0 Å². The highest BCUT2D eigenvalue weighted by Crippen LogP contribution is 2.44. The first kappa shape index (κ1) is 12.0. The largest absolute Gasteiger partial charge is 0.313 e. The lowest BCUT2D eigenvalue weighted by atomic mass is 9.68. The van der Waals surface area contributed by atoms with E-state index in [0.717, 1.165) is 11.5 Å². The van der Waals surface area contributed by atoms with Crippen LogP contribution in [0.4, 0.5) is 0 Å². The van der Waals surface area contributed by atoms with E-state index in [-0.39, 0.29) is 0 Å². The summed E-state index contributed by atoms with van der Waals surface area (Å²) in [6, 6.07) is 0.801. The van der Waals surface area contributed by atoms with E-state index in [1.54, 1.807) is 0 Å². The Balaban J connectivity index is 1.46. The van der Waals surface area contributed by atoms with Gasteiger partial charge in [0, 0.05) is 12.6 Å². The van der Waals surface area contributed by atoms with E-state index in [1.807, 2.05) is 0 Å². The van der Waals surface area contributed by atoms with Gasteiger partial charge in [0.15, 0.2) is 0 Å². The smallest absolute Gasteiger partial charge is 0.0195 e. The minimum Gasteiger partial charge on any atom is -0.313 e. The molecule has 0 bridgehead atoms. The fourth-order valence-corrected chi connectivity index (χ4v) is 4.24. The Morgan fingerprint density at radius 2 is 1.71 bits per heavy atom. The summed E-state index contributed by atoms with van der Waals surface area (Å²) < 4.78 is 0. The van der Waals surface area contributed by atoms with E-state index >= 15 is 0 Å². The van der Waals surface area contributed by atoms with Crippen LogP contribution in [0.1, 0.15) is 57.8 Å². The fraction of sp³-hybridized carbons (Fsp3) is 1.00. The molecule has 1 unspecified atom stereocenters. The third-order valence-corrected chi connectivity index (χ3v) is 5.47. The molecule has 0 radical (unpaired) electrons. The van der Waals surface area contributed by atoms with E-state index in [1.165, 1.54) is 84.0 Å². The lowest BCUT2D eigenvalue weighted by Gasteiger charge is -2.44. The van der Waals surface area contributed by atoms with Gasteiger partial charge in [-0.05, 0) is 63.6 Å². The number of piperidine rings is 1. The van der Waals surface area contributed by atoms with E-state index in [9.17, 15) is 0 Å². The second-order valence-electron chi connectivity index (χ2n) is 6.65. The molecule has 1 saturated carbocycles. The highest BCUT2D eigenvalue weighted by molar-refractivity contribution is 4.89. The SMILES string of the molecule is C1CCC2(CC1)CCN(CC1CCCN1)CC2. The van der Waals surface area contributed by atoms with E-state index in [0.29, 0.717) is 0 Å². The lowest BCUT2D eigenvalue weighted by molar-refractivity contribution is 0.0639. The number of likely N-dealkylation sites (tertiary alicyclic amines) is 1. The summed E-state index contributed by atoms with van der Waals surface area (Å²) in [5.74, 6) is 0. The molecule has 3 fully saturated rings. The molecular formula is C15H28N2. The van der Waals surface area contributed by atoms with Gasteiger partial charge in [-0.25, -0.2) is 0 Å². The molecule has 3 rings (SSSR count). The summed E-state index contributed by atoms with van der Waals surface area (Å²) in [5.41, 5.74) is 0.776. The van der Waals surface area contributed by atoms with Crippen molar-refractivity contribution in [3.8, 4) is 0 Å². The van der Waals surface area contributed by atoms with Crippen LogP contribution < -0.4 is 5.32 Å². The molecule has 0 aromatic rings. The van der Waals surface area contributed by atoms with Gasteiger partial charge >= 0.3 is 0 Å². The predicted octanol–water partition coefficient (Wildman–Crippen LogP) is 2.78. The maximum atomic E-state index is 3.63. The van der Waals surface area contributed by atoms with Crippen molar-refractivity contribution in [1.82, 2.24) is 10.2 Å². The van der Waals surface area contributed by atoms with E-state index < -0.39 is 0 Å². The van der Waals surface area contributed by atoms with Gasteiger partial charge in [0.2, 0.25) is 0 Å². The number of hydrogen-bond acceptors (Lipinski definition) is 2. The molecular weight excluding hydrogens is 208 g/mol. The van der Waals surface area contributed by atoms with Gasteiger partial charge in [0.25, 0.3) is 0 Å². The van der Waals surface area contributed by atoms with Crippen LogP contribution in [0.15, 0.2) is 0 Å². The van der Waals surface area contributed by atoms with Crippen molar-refractivity contribution in [2.45, 2.75) is 63.8 Å². The molecule has 98 valence electrons. The Morgan fingerprint density at radius 1 is 0.941 bits per heavy atom. The monoisotopic (exact) mass is 236 g/mol. The zero-order valence-corrected chi connectivity index (χ0v) is 11.2. The average Bonchev–Trinajstić information content (AvgIpc) is 2.87. The van der Waals surface area contributed by atoms with Crippen LogP contribution in [-0.2, 0) is 0 Å². The third-order valence-electron chi connectivity index (χ3n) is 5.47. The van der Waals surface area contributed by atoms with Gasteiger partial charge in [-0.2, -0.15) is 0 Å². The molecule has 1 aliphatic carbocycles. The topological polar surface area (TPSA) is 15.3 Å². The van der Waals surface area contributed by atoms with Gasteiger partial charge in [0.1, 0.15) is 0 Å². The van der Waals surface area contributed by atoms with Crippen molar-refractivity contribution in [2.75, 3.05) is 26.2 Å². The molecule has 0 aromatic carbocycles. The summed E-state index contributed by atoms with van der Waals surface area (Å²) in [6.07, 6.45) is 13.3. The van der Waals surface area contributed by atoms with Crippen LogP contribution in [0.5, 0.6) is 0 Å². The summed E-state index contributed by atoms with van der Waals surface area (Å²) in [7, 11) is 0. The van der Waals surface area contributed by atoms with Gasteiger partial charge in [0.05, 0.1) is 0 Å². The molecule has 2 aliphatic heterocycles. The van der Waals surface area contributed by atoms with Gasteiger partial charge in [-0.3, -0.25) is 0 Å². The van der Waals surface area contributed by atoms with E-state index in [4.69, 9.17) is 0 Å². The summed E-state index contributed by atoms with van der Waals surface area (Å²) in [6.45, 7) is 5.31. The number of hydrogen-bond donors (Lipinski definition) is 1.